The predicted molar refractivity (Wildman–Crippen MR) is 88.0 cm³/mol. The first-order valence-electron chi connectivity index (χ1n) is 7.60. The number of nitrogens with zero attached hydrogens (tertiary/aromatic N) is 2. The normalized spacial score (nSPS) is 14.6. The summed E-state index contributed by atoms with van der Waals surface area (Å²) in [5.74, 6) is -0.191. The SMILES string of the molecule is CONC(=Cn1cc(C)c(-c2ccccc2)n1)C(=O)NC1CC1. The second-order valence-electron chi connectivity index (χ2n) is 5.60. The molecule has 1 aliphatic rings. The number of aromatic nitrogens is 2. The Hall–Kier alpha value is -2.60. The van der Waals surface area contributed by atoms with E-state index in [9.17, 15) is 4.79 Å². The van der Waals surface area contributed by atoms with Gasteiger partial charge in [0.2, 0.25) is 0 Å². The number of rotatable bonds is 6. The van der Waals surface area contributed by atoms with Gasteiger partial charge in [-0.3, -0.25) is 15.1 Å². The van der Waals surface area contributed by atoms with E-state index in [0.29, 0.717) is 5.70 Å². The molecule has 23 heavy (non-hydrogen) atoms. The van der Waals surface area contributed by atoms with Gasteiger partial charge in [0.1, 0.15) is 5.70 Å². The molecule has 1 aromatic heterocycles. The van der Waals surface area contributed by atoms with Crippen LogP contribution < -0.4 is 10.8 Å². The van der Waals surface area contributed by atoms with Gasteiger partial charge in [-0.05, 0) is 25.3 Å². The quantitative estimate of drug-likeness (QED) is 0.633. The highest BCUT2D eigenvalue weighted by molar-refractivity contribution is 5.95. The third kappa shape index (κ3) is 3.78. The van der Waals surface area contributed by atoms with Crippen LogP contribution in [-0.4, -0.2) is 28.8 Å². The van der Waals surface area contributed by atoms with Crippen LogP contribution >= 0.6 is 0 Å². The van der Waals surface area contributed by atoms with Crippen molar-refractivity contribution in [2.75, 3.05) is 7.11 Å². The lowest BCUT2D eigenvalue weighted by Gasteiger charge is -2.08. The zero-order chi connectivity index (χ0) is 16.2. The van der Waals surface area contributed by atoms with E-state index >= 15 is 0 Å². The standard InChI is InChI=1S/C17H20N4O2/c1-12-10-21(19-16(12)13-6-4-3-5-7-13)11-15(20-23-2)17(22)18-14-8-9-14/h3-7,10-11,14,20H,8-9H2,1-2H3,(H,18,22). The van der Waals surface area contributed by atoms with Gasteiger partial charge in [0.25, 0.3) is 5.91 Å². The first-order chi connectivity index (χ1) is 11.2. The maximum absolute atomic E-state index is 12.2. The summed E-state index contributed by atoms with van der Waals surface area (Å²) in [5, 5.41) is 7.47. The lowest BCUT2D eigenvalue weighted by atomic mass is 10.1. The number of carbonyl (C=O) groups is 1. The van der Waals surface area contributed by atoms with Gasteiger partial charge < -0.3 is 5.32 Å². The van der Waals surface area contributed by atoms with Crippen LogP contribution in [0.4, 0.5) is 0 Å². The van der Waals surface area contributed by atoms with Crippen molar-refractivity contribution in [2.45, 2.75) is 25.8 Å². The van der Waals surface area contributed by atoms with Crippen molar-refractivity contribution in [3.8, 4) is 11.3 Å². The number of hydroxylamine groups is 1. The predicted octanol–water partition coefficient (Wildman–Crippen LogP) is 2.09. The number of aryl methyl sites for hydroxylation is 1. The number of benzene rings is 1. The van der Waals surface area contributed by atoms with Gasteiger partial charge in [0, 0.05) is 17.8 Å². The van der Waals surface area contributed by atoms with E-state index in [-0.39, 0.29) is 11.9 Å². The minimum atomic E-state index is -0.191. The van der Waals surface area contributed by atoms with E-state index < -0.39 is 0 Å². The number of nitrogens with one attached hydrogen (secondary N) is 2. The molecule has 120 valence electrons. The lowest BCUT2D eigenvalue weighted by Crippen LogP contribution is -2.33. The van der Waals surface area contributed by atoms with Crippen LogP contribution in [0.1, 0.15) is 18.4 Å². The second-order valence-corrected chi connectivity index (χ2v) is 5.60. The van der Waals surface area contributed by atoms with Gasteiger partial charge in [-0.1, -0.05) is 30.3 Å². The summed E-state index contributed by atoms with van der Waals surface area (Å²) in [7, 11) is 1.47. The van der Waals surface area contributed by atoms with E-state index in [0.717, 1.165) is 29.7 Å². The van der Waals surface area contributed by atoms with Crippen molar-refractivity contribution < 1.29 is 9.63 Å². The highest BCUT2D eigenvalue weighted by atomic mass is 16.6. The smallest absolute Gasteiger partial charge is 0.271 e. The molecule has 1 aromatic carbocycles. The summed E-state index contributed by atoms with van der Waals surface area (Å²) in [4.78, 5) is 17.1. The van der Waals surface area contributed by atoms with Gasteiger partial charge in [0.05, 0.1) is 19.0 Å². The molecule has 2 aromatic rings. The molecule has 1 amide bonds. The van der Waals surface area contributed by atoms with Gasteiger partial charge in [0.15, 0.2) is 0 Å². The Morgan fingerprint density at radius 1 is 1.35 bits per heavy atom. The average Bonchev–Trinajstić information content (AvgIpc) is 3.29. The van der Waals surface area contributed by atoms with Crippen molar-refractivity contribution in [3.63, 3.8) is 0 Å². The monoisotopic (exact) mass is 312 g/mol. The first kappa shape index (κ1) is 15.3. The van der Waals surface area contributed by atoms with Crippen molar-refractivity contribution >= 4 is 12.1 Å². The minimum absolute atomic E-state index is 0.191. The van der Waals surface area contributed by atoms with E-state index in [2.05, 4.69) is 15.9 Å². The van der Waals surface area contributed by atoms with Crippen LogP contribution in [0.3, 0.4) is 0 Å². The van der Waals surface area contributed by atoms with Crippen molar-refractivity contribution in [2.24, 2.45) is 0 Å². The Kier molecular flexibility index (Phi) is 4.43. The van der Waals surface area contributed by atoms with Gasteiger partial charge in [-0.25, -0.2) is 4.68 Å². The molecule has 0 aliphatic heterocycles. The zero-order valence-electron chi connectivity index (χ0n) is 13.2. The molecule has 1 saturated carbocycles. The lowest BCUT2D eigenvalue weighted by molar-refractivity contribution is -0.119. The highest BCUT2D eigenvalue weighted by Crippen LogP contribution is 2.21. The molecule has 1 aliphatic carbocycles. The zero-order valence-corrected chi connectivity index (χ0v) is 13.2. The summed E-state index contributed by atoms with van der Waals surface area (Å²) in [5.41, 5.74) is 5.91. The van der Waals surface area contributed by atoms with Crippen LogP contribution in [0, 0.1) is 6.92 Å². The summed E-state index contributed by atoms with van der Waals surface area (Å²) in [6, 6.07) is 10.2. The average molecular weight is 312 g/mol. The van der Waals surface area contributed by atoms with E-state index in [1.54, 1.807) is 10.9 Å². The Morgan fingerprint density at radius 3 is 2.74 bits per heavy atom. The molecule has 0 atom stereocenters. The van der Waals surface area contributed by atoms with Crippen LogP contribution in [0.25, 0.3) is 17.5 Å². The van der Waals surface area contributed by atoms with Crippen LogP contribution in [0.2, 0.25) is 0 Å². The fraction of sp³-hybridized carbons (Fsp3) is 0.294. The van der Waals surface area contributed by atoms with Gasteiger partial charge in [-0.2, -0.15) is 5.10 Å². The maximum atomic E-state index is 12.2. The summed E-state index contributed by atoms with van der Waals surface area (Å²) in [6.45, 7) is 1.99. The molecule has 6 nitrogen and oxygen atoms in total. The summed E-state index contributed by atoms with van der Waals surface area (Å²) < 4.78 is 1.63. The molecule has 6 heteroatoms. The molecule has 0 bridgehead atoms. The van der Waals surface area contributed by atoms with E-state index in [4.69, 9.17) is 4.84 Å². The third-order valence-corrected chi connectivity index (χ3v) is 3.59. The van der Waals surface area contributed by atoms with Crippen molar-refractivity contribution in [3.05, 3.63) is 47.8 Å². The molecular weight excluding hydrogens is 292 g/mol. The number of hydrogen-bond acceptors (Lipinski definition) is 4. The largest absolute Gasteiger partial charge is 0.348 e. The Morgan fingerprint density at radius 2 is 2.09 bits per heavy atom. The number of hydrogen-bond donors (Lipinski definition) is 2. The van der Waals surface area contributed by atoms with Gasteiger partial charge >= 0.3 is 0 Å². The topological polar surface area (TPSA) is 68.2 Å². The number of amides is 1. The second kappa shape index (κ2) is 6.66. The maximum Gasteiger partial charge on any atom is 0.271 e. The van der Waals surface area contributed by atoms with E-state index in [1.807, 2.05) is 43.5 Å². The Bertz CT molecular complexity index is 717. The molecule has 3 rings (SSSR count). The fourth-order valence-electron chi connectivity index (χ4n) is 2.29. The molecule has 1 heterocycles. The molecule has 1 fully saturated rings. The molecule has 0 radical (unpaired) electrons. The fourth-order valence-corrected chi connectivity index (χ4v) is 2.29. The molecule has 0 unspecified atom stereocenters. The van der Waals surface area contributed by atoms with Crippen molar-refractivity contribution in [1.82, 2.24) is 20.6 Å². The van der Waals surface area contributed by atoms with E-state index in [1.165, 1.54) is 7.11 Å². The summed E-state index contributed by atoms with van der Waals surface area (Å²) >= 11 is 0. The minimum Gasteiger partial charge on any atom is -0.348 e. The van der Waals surface area contributed by atoms with Crippen LogP contribution in [0.15, 0.2) is 42.2 Å². The molecule has 0 saturated heterocycles. The van der Waals surface area contributed by atoms with Gasteiger partial charge in [-0.15, -0.1) is 0 Å². The molecule has 2 N–H and O–H groups in total. The Balaban J connectivity index is 1.85. The first-order valence-corrected chi connectivity index (χ1v) is 7.60. The molecular formula is C17H20N4O2. The summed E-state index contributed by atoms with van der Waals surface area (Å²) in [6.07, 6.45) is 5.57. The van der Waals surface area contributed by atoms with Crippen LogP contribution in [0.5, 0.6) is 0 Å². The molecule has 0 spiro atoms. The van der Waals surface area contributed by atoms with Crippen LogP contribution in [-0.2, 0) is 9.63 Å². The third-order valence-electron chi connectivity index (χ3n) is 3.59. The highest BCUT2D eigenvalue weighted by Gasteiger charge is 2.25. The van der Waals surface area contributed by atoms with Crippen molar-refractivity contribution in [1.29, 1.82) is 0 Å². The number of carbonyl (C=O) groups excluding carboxylic acids is 1. The Labute approximate surface area is 135 Å².